The van der Waals surface area contributed by atoms with Gasteiger partial charge in [0.2, 0.25) is 0 Å². The van der Waals surface area contributed by atoms with Crippen molar-refractivity contribution in [2.45, 2.75) is 57.5 Å². The fraction of sp³-hybridized carbons (Fsp3) is 0.733. The minimum atomic E-state index is -0.887. The number of hydrogen-bond donors (Lipinski definition) is 1. The van der Waals surface area contributed by atoms with Gasteiger partial charge in [0, 0.05) is 5.69 Å². The first-order chi connectivity index (χ1) is 9.65. The molecule has 1 saturated carbocycles. The Morgan fingerprint density at radius 1 is 1.50 bits per heavy atom. The summed E-state index contributed by atoms with van der Waals surface area (Å²) >= 11 is 0. The maximum Gasteiger partial charge on any atom is 0.328 e. The summed E-state index contributed by atoms with van der Waals surface area (Å²) in [7, 11) is 0. The first-order valence-corrected chi connectivity index (χ1v) is 7.64. The molecule has 1 fully saturated rings. The van der Waals surface area contributed by atoms with E-state index in [-0.39, 0.29) is 11.9 Å². The Morgan fingerprint density at radius 2 is 2.25 bits per heavy atom. The summed E-state index contributed by atoms with van der Waals surface area (Å²) in [6.07, 6.45) is 8.37. The second-order valence-electron chi connectivity index (χ2n) is 6.01. The smallest absolute Gasteiger partial charge is 0.328 e. The van der Waals surface area contributed by atoms with Crippen molar-refractivity contribution in [3.8, 4) is 0 Å². The fourth-order valence-electron chi connectivity index (χ4n) is 3.17. The Kier molecular flexibility index (Phi) is 3.54. The van der Waals surface area contributed by atoms with Gasteiger partial charge in [0.15, 0.2) is 0 Å². The number of imidazole rings is 1. The Morgan fingerprint density at radius 3 is 2.95 bits per heavy atom. The molecule has 0 radical (unpaired) electrons. The van der Waals surface area contributed by atoms with Gasteiger partial charge >= 0.3 is 5.97 Å². The molecule has 0 aliphatic heterocycles. The van der Waals surface area contributed by atoms with Crippen molar-refractivity contribution < 1.29 is 9.53 Å². The lowest BCUT2D eigenvalue weighted by molar-refractivity contribution is -0.151. The van der Waals surface area contributed by atoms with Crippen LogP contribution >= 0.6 is 0 Å². The number of fused-ring (bicyclic) bond motifs is 1. The van der Waals surface area contributed by atoms with Gasteiger partial charge in [-0.2, -0.15) is 0 Å². The molecule has 1 unspecified atom stereocenters. The van der Waals surface area contributed by atoms with Crippen molar-refractivity contribution in [3.63, 3.8) is 0 Å². The average molecular weight is 277 g/mol. The van der Waals surface area contributed by atoms with Crippen LogP contribution in [0.15, 0.2) is 6.33 Å². The van der Waals surface area contributed by atoms with Crippen LogP contribution in [0.5, 0.6) is 0 Å². The number of carbonyl (C=O) groups is 1. The van der Waals surface area contributed by atoms with Crippen LogP contribution in [0.1, 0.15) is 44.0 Å². The third-order valence-corrected chi connectivity index (χ3v) is 4.50. The molecule has 1 aromatic rings. The van der Waals surface area contributed by atoms with Crippen molar-refractivity contribution in [1.29, 1.82) is 0 Å². The van der Waals surface area contributed by atoms with Gasteiger partial charge in [-0.1, -0.05) is 0 Å². The molecule has 2 aliphatic rings. The molecule has 110 valence electrons. The molecule has 5 nitrogen and oxygen atoms in total. The van der Waals surface area contributed by atoms with E-state index in [0.29, 0.717) is 13.2 Å². The SMILES string of the molecule is CCOC(=O)C(N)(Cn1cnc2c1CCCC2)C1CC1. The molecule has 2 aliphatic carbocycles. The van der Waals surface area contributed by atoms with Crippen molar-refractivity contribution in [2.24, 2.45) is 11.7 Å². The van der Waals surface area contributed by atoms with Crippen LogP contribution in [-0.4, -0.2) is 27.7 Å². The maximum absolute atomic E-state index is 12.3. The maximum atomic E-state index is 12.3. The van der Waals surface area contributed by atoms with Gasteiger partial charge in [-0.15, -0.1) is 0 Å². The number of nitrogens with two attached hydrogens (primary N) is 1. The van der Waals surface area contributed by atoms with Crippen LogP contribution in [0.2, 0.25) is 0 Å². The number of aromatic nitrogens is 2. The molecular formula is C15H23N3O2. The molecule has 0 saturated heterocycles. The quantitative estimate of drug-likeness (QED) is 0.827. The van der Waals surface area contributed by atoms with Crippen LogP contribution < -0.4 is 5.73 Å². The third kappa shape index (κ3) is 2.35. The predicted molar refractivity (Wildman–Crippen MR) is 75.1 cm³/mol. The molecule has 3 rings (SSSR count). The second kappa shape index (κ2) is 5.20. The minimum Gasteiger partial charge on any atom is -0.465 e. The highest BCUT2D eigenvalue weighted by molar-refractivity contribution is 5.81. The lowest BCUT2D eigenvalue weighted by atomic mass is 9.93. The van der Waals surface area contributed by atoms with Crippen LogP contribution in [0.25, 0.3) is 0 Å². The van der Waals surface area contributed by atoms with E-state index in [1.54, 1.807) is 0 Å². The number of carbonyl (C=O) groups excluding carboxylic acids is 1. The summed E-state index contributed by atoms with van der Waals surface area (Å²) in [5, 5.41) is 0. The fourth-order valence-corrected chi connectivity index (χ4v) is 3.17. The molecule has 0 spiro atoms. The second-order valence-corrected chi connectivity index (χ2v) is 6.01. The van der Waals surface area contributed by atoms with Crippen LogP contribution in [0, 0.1) is 5.92 Å². The Hall–Kier alpha value is -1.36. The number of rotatable bonds is 5. The molecule has 0 bridgehead atoms. The van der Waals surface area contributed by atoms with E-state index in [0.717, 1.165) is 25.7 Å². The highest BCUT2D eigenvalue weighted by Crippen LogP contribution is 2.40. The molecule has 1 heterocycles. The van der Waals surface area contributed by atoms with Crippen LogP contribution in [0.3, 0.4) is 0 Å². The zero-order chi connectivity index (χ0) is 14.2. The van der Waals surface area contributed by atoms with Gasteiger partial charge in [-0.25, -0.2) is 9.78 Å². The summed E-state index contributed by atoms with van der Waals surface area (Å²) in [5.74, 6) is -0.0102. The highest BCUT2D eigenvalue weighted by Gasteiger charge is 2.49. The molecule has 5 heteroatoms. The normalized spacial score (nSPS) is 21.1. The van der Waals surface area contributed by atoms with Crippen LogP contribution in [-0.2, 0) is 28.9 Å². The molecule has 1 atom stereocenters. The predicted octanol–water partition coefficient (Wildman–Crippen LogP) is 1.43. The first kappa shape index (κ1) is 13.6. The van der Waals surface area contributed by atoms with Crippen molar-refractivity contribution in [2.75, 3.05) is 6.61 Å². The Labute approximate surface area is 119 Å². The summed E-state index contributed by atoms with van der Waals surface area (Å²) in [4.78, 5) is 16.7. The lowest BCUT2D eigenvalue weighted by Crippen LogP contribution is -2.54. The number of esters is 1. The average Bonchev–Trinajstić information content (AvgIpc) is 3.23. The largest absolute Gasteiger partial charge is 0.465 e. The number of hydrogen-bond acceptors (Lipinski definition) is 4. The van der Waals surface area contributed by atoms with Gasteiger partial charge in [0.25, 0.3) is 0 Å². The molecular weight excluding hydrogens is 254 g/mol. The van der Waals surface area contributed by atoms with E-state index in [2.05, 4.69) is 9.55 Å². The third-order valence-electron chi connectivity index (χ3n) is 4.50. The number of nitrogens with zero attached hydrogens (tertiary/aromatic N) is 2. The summed E-state index contributed by atoms with van der Waals surface area (Å²) in [5.41, 5.74) is 7.99. The Bertz CT molecular complexity index is 507. The lowest BCUT2D eigenvalue weighted by Gasteiger charge is -2.28. The van der Waals surface area contributed by atoms with Gasteiger partial charge < -0.3 is 15.0 Å². The van der Waals surface area contributed by atoms with Gasteiger partial charge in [-0.05, 0) is 51.4 Å². The standard InChI is InChI=1S/C15H23N3O2/c1-2-20-14(19)15(16,11-7-8-11)9-18-10-17-12-5-3-4-6-13(12)18/h10-11H,2-9,16H2,1H3. The van der Waals surface area contributed by atoms with E-state index >= 15 is 0 Å². The van der Waals surface area contributed by atoms with Crippen molar-refractivity contribution >= 4 is 5.97 Å². The zero-order valence-electron chi connectivity index (χ0n) is 12.1. The van der Waals surface area contributed by atoms with E-state index in [1.807, 2.05) is 13.3 Å². The van der Waals surface area contributed by atoms with E-state index in [1.165, 1.54) is 24.2 Å². The Balaban J connectivity index is 1.83. The molecule has 2 N–H and O–H groups in total. The van der Waals surface area contributed by atoms with Crippen LogP contribution in [0.4, 0.5) is 0 Å². The van der Waals surface area contributed by atoms with Crippen molar-refractivity contribution in [3.05, 3.63) is 17.7 Å². The molecule has 0 amide bonds. The number of ether oxygens (including phenoxy) is 1. The molecule has 0 aromatic carbocycles. The zero-order valence-corrected chi connectivity index (χ0v) is 12.1. The summed E-state index contributed by atoms with van der Waals surface area (Å²) < 4.78 is 7.29. The highest BCUT2D eigenvalue weighted by atomic mass is 16.5. The molecule has 1 aromatic heterocycles. The van der Waals surface area contributed by atoms with E-state index in [9.17, 15) is 4.79 Å². The first-order valence-electron chi connectivity index (χ1n) is 7.64. The molecule has 20 heavy (non-hydrogen) atoms. The number of aryl methyl sites for hydroxylation is 1. The van der Waals surface area contributed by atoms with E-state index in [4.69, 9.17) is 10.5 Å². The van der Waals surface area contributed by atoms with Gasteiger partial charge in [0.05, 0.1) is 25.2 Å². The van der Waals surface area contributed by atoms with Gasteiger partial charge in [-0.3, -0.25) is 0 Å². The minimum absolute atomic E-state index is 0.253. The summed E-state index contributed by atoms with van der Waals surface area (Å²) in [6.45, 7) is 2.70. The summed E-state index contributed by atoms with van der Waals surface area (Å²) in [6, 6.07) is 0. The van der Waals surface area contributed by atoms with Gasteiger partial charge in [0.1, 0.15) is 5.54 Å². The monoisotopic (exact) mass is 277 g/mol. The van der Waals surface area contributed by atoms with E-state index < -0.39 is 5.54 Å². The topological polar surface area (TPSA) is 70.1 Å². The van der Waals surface area contributed by atoms with Crippen molar-refractivity contribution in [1.82, 2.24) is 9.55 Å².